The maximum atomic E-state index is 11.8. The molecule has 1 aliphatic rings. The first kappa shape index (κ1) is 15.0. The zero-order chi connectivity index (χ0) is 15.7. The summed E-state index contributed by atoms with van der Waals surface area (Å²) in [5.74, 6) is -0.605. The third-order valence-electron chi connectivity index (χ3n) is 3.23. The number of hydrogen-bond acceptors (Lipinski definition) is 5. The van der Waals surface area contributed by atoms with E-state index in [1.165, 1.54) is 11.3 Å². The molecule has 0 radical (unpaired) electrons. The van der Waals surface area contributed by atoms with Gasteiger partial charge in [-0.3, -0.25) is 9.69 Å². The Bertz CT molecular complexity index is 716. The Kier molecular flexibility index (Phi) is 4.10. The van der Waals surface area contributed by atoms with E-state index in [9.17, 15) is 14.7 Å². The SMILES string of the molecule is O=C1NC[C@H](O)C(=O)N1Cc1nc(-c2ccc(Cl)cc2)cs1. The molecule has 0 bridgehead atoms. The van der Waals surface area contributed by atoms with Gasteiger partial charge in [0.1, 0.15) is 5.01 Å². The van der Waals surface area contributed by atoms with Crippen molar-refractivity contribution in [2.75, 3.05) is 6.54 Å². The molecule has 6 nitrogen and oxygen atoms in total. The molecule has 0 unspecified atom stereocenters. The third-order valence-corrected chi connectivity index (χ3v) is 4.31. The van der Waals surface area contributed by atoms with E-state index in [0.717, 1.165) is 16.2 Å². The Labute approximate surface area is 135 Å². The molecule has 3 rings (SSSR count). The lowest BCUT2D eigenvalue weighted by atomic mass is 10.2. The summed E-state index contributed by atoms with van der Waals surface area (Å²) in [6, 6.07) is 6.73. The number of aromatic nitrogens is 1. The van der Waals surface area contributed by atoms with Gasteiger partial charge < -0.3 is 10.4 Å². The van der Waals surface area contributed by atoms with Crippen molar-refractivity contribution in [2.24, 2.45) is 0 Å². The number of β-amino-alcohol motifs (C(OH)–C–C–N with tert-alkyl or cyclic N) is 1. The molecule has 1 aliphatic heterocycles. The first-order valence-corrected chi connectivity index (χ1v) is 7.78. The zero-order valence-corrected chi connectivity index (χ0v) is 12.9. The first-order valence-electron chi connectivity index (χ1n) is 6.52. The van der Waals surface area contributed by atoms with E-state index < -0.39 is 18.0 Å². The summed E-state index contributed by atoms with van der Waals surface area (Å²) >= 11 is 7.20. The van der Waals surface area contributed by atoms with Crippen molar-refractivity contribution in [1.82, 2.24) is 15.2 Å². The molecule has 1 fully saturated rings. The van der Waals surface area contributed by atoms with Crippen LogP contribution in [0.4, 0.5) is 4.79 Å². The second-order valence-corrected chi connectivity index (χ2v) is 6.14. The number of aliphatic hydroxyl groups is 1. The van der Waals surface area contributed by atoms with Crippen molar-refractivity contribution in [2.45, 2.75) is 12.6 Å². The molecule has 1 atom stereocenters. The predicted molar refractivity (Wildman–Crippen MR) is 82.5 cm³/mol. The lowest BCUT2D eigenvalue weighted by molar-refractivity contribution is -0.139. The summed E-state index contributed by atoms with van der Waals surface area (Å²) in [5.41, 5.74) is 1.66. The molecule has 2 aromatic rings. The van der Waals surface area contributed by atoms with Crippen LogP contribution in [-0.2, 0) is 11.3 Å². The van der Waals surface area contributed by atoms with E-state index >= 15 is 0 Å². The van der Waals surface area contributed by atoms with Crippen LogP contribution in [-0.4, -0.2) is 39.6 Å². The van der Waals surface area contributed by atoms with Gasteiger partial charge in [0.2, 0.25) is 0 Å². The van der Waals surface area contributed by atoms with Gasteiger partial charge in [-0.1, -0.05) is 23.7 Å². The molecule has 1 saturated heterocycles. The number of amides is 3. The van der Waals surface area contributed by atoms with Crippen LogP contribution in [0.1, 0.15) is 5.01 Å². The molecule has 1 aromatic carbocycles. The van der Waals surface area contributed by atoms with Gasteiger partial charge in [0, 0.05) is 16.0 Å². The number of carbonyl (C=O) groups is 2. The van der Waals surface area contributed by atoms with Crippen LogP contribution in [0.5, 0.6) is 0 Å². The van der Waals surface area contributed by atoms with Gasteiger partial charge in [-0.25, -0.2) is 9.78 Å². The van der Waals surface area contributed by atoms with E-state index in [2.05, 4.69) is 10.3 Å². The fourth-order valence-corrected chi connectivity index (χ4v) is 2.99. The number of nitrogens with one attached hydrogen (secondary N) is 1. The van der Waals surface area contributed by atoms with Crippen molar-refractivity contribution < 1.29 is 14.7 Å². The lowest BCUT2D eigenvalue weighted by Gasteiger charge is -2.27. The molecule has 2 N–H and O–H groups in total. The summed E-state index contributed by atoms with van der Waals surface area (Å²) in [6.07, 6.45) is -1.20. The predicted octanol–water partition coefficient (Wildman–Crippen LogP) is 1.88. The number of rotatable bonds is 3. The topological polar surface area (TPSA) is 82.5 Å². The number of hydrogen-bond donors (Lipinski definition) is 2. The summed E-state index contributed by atoms with van der Waals surface area (Å²) in [7, 11) is 0. The van der Waals surface area contributed by atoms with Gasteiger partial charge in [0.05, 0.1) is 18.8 Å². The fourth-order valence-electron chi connectivity index (χ4n) is 2.07. The minimum absolute atomic E-state index is 0.0416. The number of benzene rings is 1. The van der Waals surface area contributed by atoms with Gasteiger partial charge in [-0.15, -0.1) is 11.3 Å². The molecule has 0 spiro atoms. The summed E-state index contributed by atoms with van der Waals surface area (Å²) in [4.78, 5) is 28.9. The highest BCUT2D eigenvalue weighted by Crippen LogP contribution is 2.24. The smallest absolute Gasteiger partial charge is 0.324 e. The molecule has 1 aromatic heterocycles. The maximum absolute atomic E-state index is 11.8. The minimum Gasteiger partial charge on any atom is -0.381 e. The van der Waals surface area contributed by atoms with Crippen LogP contribution in [0.15, 0.2) is 29.6 Å². The van der Waals surface area contributed by atoms with Crippen molar-refractivity contribution in [3.05, 3.63) is 39.7 Å². The second-order valence-electron chi connectivity index (χ2n) is 4.76. The van der Waals surface area contributed by atoms with E-state index in [1.54, 1.807) is 12.1 Å². The van der Waals surface area contributed by atoms with Crippen molar-refractivity contribution in [3.63, 3.8) is 0 Å². The number of nitrogens with zero attached hydrogens (tertiary/aromatic N) is 2. The Morgan fingerprint density at radius 2 is 2.09 bits per heavy atom. The average molecular weight is 338 g/mol. The number of halogens is 1. The molecule has 114 valence electrons. The van der Waals surface area contributed by atoms with Gasteiger partial charge in [-0.2, -0.15) is 0 Å². The summed E-state index contributed by atoms with van der Waals surface area (Å²) in [6.45, 7) is -0.0119. The quantitative estimate of drug-likeness (QED) is 0.895. The van der Waals surface area contributed by atoms with Gasteiger partial charge >= 0.3 is 6.03 Å². The Morgan fingerprint density at radius 3 is 2.82 bits per heavy atom. The summed E-state index contributed by atoms with van der Waals surface area (Å²) in [5, 5.41) is 15.1. The van der Waals surface area contributed by atoms with E-state index in [4.69, 9.17) is 11.6 Å². The standard InChI is InChI=1S/C14H12ClN3O3S/c15-9-3-1-8(2-4-9)10-7-22-12(17-10)6-18-13(20)11(19)5-16-14(18)21/h1-4,7,11,19H,5-6H2,(H,16,21)/t11-/m0/s1. The average Bonchev–Trinajstić information content (AvgIpc) is 2.97. The van der Waals surface area contributed by atoms with Crippen LogP contribution < -0.4 is 5.32 Å². The maximum Gasteiger partial charge on any atom is 0.324 e. The Hall–Kier alpha value is -1.96. The van der Waals surface area contributed by atoms with Crippen molar-refractivity contribution in [3.8, 4) is 11.3 Å². The van der Waals surface area contributed by atoms with Crippen LogP contribution >= 0.6 is 22.9 Å². The van der Waals surface area contributed by atoms with Crippen molar-refractivity contribution in [1.29, 1.82) is 0 Å². The van der Waals surface area contributed by atoms with Gasteiger partial charge in [0.15, 0.2) is 6.10 Å². The lowest BCUT2D eigenvalue weighted by Crippen LogP contribution is -2.56. The van der Waals surface area contributed by atoms with Crippen molar-refractivity contribution >= 4 is 34.9 Å². The van der Waals surface area contributed by atoms with Crippen LogP contribution in [0.2, 0.25) is 5.02 Å². The van der Waals surface area contributed by atoms with E-state index in [0.29, 0.717) is 10.0 Å². The molecular formula is C14H12ClN3O3S. The molecule has 3 amide bonds. The highest BCUT2D eigenvalue weighted by atomic mass is 35.5. The Balaban J connectivity index is 1.78. The molecule has 0 aliphatic carbocycles. The van der Waals surface area contributed by atoms with Gasteiger partial charge in [-0.05, 0) is 12.1 Å². The number of thiazole rings is 1. The first-order chi connectivity index (χ1) is 10.5. The highest BCUT2D eigenvalue weighted by molar-refractivity contribution is 7.09. The van der Waals surface area contributed by atoms with E-state index in [1.807, 2.05) is 17.5 Å². The Morgan fingerprint density at radius 1 is 1.36 bits per heavy atom. The largest absolute Gasteiger partial charge is 0.381 e. The third kappa shape index (κ3) is 2.96. The normalized spacial score (nSPS) is 18.5. The second kappa shape index (κ2) is 6.04. The van der Waals surface area contributed by atoms with Crippen LogP contribution in [0.3, 0.4) is 0 Å². The molecular weight excluding hydrogens is 326 g/mol. The monoisotopic (exact) mass is 337 g/mol. The minimum atomic E-state index is -1.20. The molecule has 2 heterocycles. The number of carbonyl (C=O) groups excluding carboxylic acids is 2. The molecule has 8 heteroatoms. The summed E-state index contributed by atoms with van der Waals surface area (Å²) < 4.78 is 0. The molecule has 22 heavy (non-hydrogen) atoms. The van der Waals surface area contributed by atoms with Gasteiger partial charge in [0.25, 0.3) is 5.91 Å². The zero-order valence-electron chi connectivity index (χ0n) is 11.3. The fraction of sp³-hybridized carbons (Fsp3) is 0.214. The number of imide groups is 1. The van der Waals surface area contributed by atoms with Crippen LogP contribution in [0.25, 0.3) is 11.3 Å². The highest BCUT2D eigenvalue weighted by Gasteiger charge is 2.33. The molecule has 0 saturated carbocycles. The van der Waals surface area contributed by atoms with Crippen LogP contribution in [0, 0.1) is 0 Å². The number of urea groups is 1. The van der Waals surface area contributed by atoms with E-state index in [-0.39, 0.29) is 13.1 Å². The number of aliphatic hydroxyl groups excluding tert-OH is 1.